The maximum atomic E-state index is 9.52. The van der Waals surface area contributed by atoms with Crippen molar-refractivity contribution in [3.8, 4) is 11.5 Å². The fourth-order valence-electron chi connectivity index (χ4n) is 3.47. The van der Waals surface area contributed by atoms with E-state index in [1.54, 1.807) is 0 Å². The van der Waals surface area contributed by atoms with Crippen LogP contribution in [0.5, 0.6) is 0 Å². The number of rotatable bonds is 9. The first-order valence-electron chi connectivity index (χ1n) is 10.0. The SMILES string of the molecule is CCCCc1nc(CO)c(Cl)n1Cc1ccc(Cn2cccc2-c2nn[nH]n2)cc1. The number of hydrogen-bond donors (Lipinski definition) is 2. The van der Waals surface area contributed by atoms with Crippen LogP contribution in [-0.2, 0) is 26.1 Å². The second-order valence-corrected chi connectivity index (χ2v) is 7.54. The van der Waals surface area contributed by atoms with Gasteiger partial charge in [0.2, 0.25) is 5.82 Å². The Morgan fingerprint density at radius 1 is 1.10 bits per heavy atom. The fourth-order valence-corrected chi connectivity index (χ4v) is 3.73. The van der Waals surface area contributed by atoms with Gasteiger partial charge in [0.05, 0.1) is 18.8 Å². The molecule has 3 aromatic heterocycles. The van der Waals surface area contributed by atoms with Gasteiger partial charge >= 0.3 is 0 Å². The lowest BCUT2D eigenvalue weighted by molar-refractivity contribution is 0.277. The molecular formula is C21H24ClN7O. The Bertz CT molecular complexity index is 1080. The molecule has 2 N–H and O–H groups in total. The van der Waals surface area contributed by atoms with E-state index in [-0.39, 0.29) is 6.61 Å². The van der Waals surface area contributed by atoms with Crippen LogP contribution in [0, 0.1) is 0 Å². The molecule has 9 heteroatoms. The molecule has 30 heavy (non-hydrogen) atoms. The Balaban J connectivity index is 1.50. The van der Waals surface area contributed by atoms with E-state index in [9.17, 15) is 5.11 Å². The smallest absolute Gasteiger partial charge is 0.221 e. The average Bonchev–Trinajstić information content (AvgIpc) is 3.50. The summed E-state index contributed by atoms with van der Waals surface area (Å²) in [5.74, 6) is 1.50. The van der Waals surface area contributed by atoms with E-state index in [1.807, 2.05) is 22.9 Å². The van der Waals surface area contributed by atoms with E-state index in [2.05, 4.69) is 61.4 Å². The van der Waals surface area contributed by atoms with Crippen molar-refractivity contribution in [3.05, 3.63) is 70.4 Å². The lowest BCUT2D eigenvalue weighted by Gasteiger charge is -2.11. The summed E-state index contributed by atoms with van der Waals surface area (Å²) in [6, 6.07) is 12.4. The molecule has 4 aromatic rings. The number of nitrogens with zero attached hydrogens (tertiary/aromatic N) is 6. The summed E-state index contributed by atoms with van der Waals surface area (Å²) in [6.07, 6.45) is 4.97. The number of aliphatic hydroxyl groups is 1. The molecule has 0 aliphatic carbocycles. The molecule has 0 saturated heterocycles. The highest BCUT2D eigenvalue weighted by Gasteiger charge is 2.15. The molecule has 0 saturated carbocycles. The molecule has 0 bridgehead atoms. The topological polar surface area (TPSA) is 97.4 Å². The average molecular weight is 426 g/mol. The number of aromatic amines is 1. The van der Waals surface area contributed by atoms with Gasteiger partial charge in [0.1, 0.15) is 16.7 Å². The zero-order chi connectivity index (χ0) is 20.9. The van der Waals surface area contributed by atoms with Crippen LogP contribution in [0.15, 0.2) is 42.6 Å². The number of imidazole rings is 1. The van der Waals surface area contributed by atoms with Gasteiger partial charge in [0, 0.05) is 19.2 Å². The lowest BCUT2D eigenvalue weighted by atomic mass is 10.1. The molecule has 3 heterocycles. The fraction of sp³-hybridized carbons (Fsp3) is 0.333. The van der Waals surface area contributed by atoms with Crippen molar-refractivity contribution in [1.29, 1.82) is 0 Å². The van der Waals surface area contributed by atoms with Crippen molar-refractivity contribution in [2.75, 3.05) is 0 Å². The second-order valence-electron chi connectivity index (χ2n) is 7.19. The summed E-state index contributed by atoms with van der Waals surface area (Å²) in [4.78, 5) is 4.52. The van der Waals surface area contributed by atoms with E-state index in [1.165, 1.54) is 5.56 Å². The predicted molar refractivity (Wildman–Crippen MR) is 114 cm³/mol. The lowest BCUT2D eigenvalue weighted by Crippen LogP contribution is -2.06. The van der Waals surface area contributed by atoms with Gasteiger partial charge in [0.15, 0.2) is 0 Å². The summed E-state index contributed by atoms with van der Waals surface area (Å²) in [5.41, 5.74) is 3.75. The van der Waals surface area contributed by atoms with Crippen molar-refractivity contribution in [2.45, 2.75) is 45.9 Å². The third-order valence-corrected chi connectivity index (χ3v) is 5.50. The van der Waals surface area contributed by atoms with Gasteiger partial charge in [-0.25, -0.2) is 4.98 Å². The first-order chi connectivity index (χ1) is 14.7. The highest BCUT2D eigenvalue weighted by molar-refractivity contribution is 6.30. The minimum Gasteiger partial charge on any atom is -0.390 e. The minimum absolute atomic E-state index is 0.149. The Morgan fingerprint density at radius 3 is 2.53 bits per heavy atom. The number of hydrogen-bond acceptors (Lipinski definition) is 5. The van der Waals surface area contributed by atoms with Crippen molar-refractivity contribution >= 4 is 11.6 Å². The molecule has 0 atom stereocenters. The normalized spacial score (nSPS) is 11.3. The largest absolute Gasteiger partial charge is 0.390 e. The number of aryl methyl sites for hydroxylation is 1. The molecule has 1 aromatic carbocycles. The Morgan fingerprint density at radius 2 is 1.87 bits per heavy atom. The molecule has 0 spiro atoms. The van der Waals surface area contributed by atoms with Gasteiger partial charge in [-0.1, -0.05) is 49.2 Å². The summed E-state index contributed by atoms with van der Waals surface area (Å²) in [5, 5.41) is 24.3. The van der Waals surface area contributed by atoms with Gasteiger partial charge in [-0.15, -0.1) is 10.2 Å². The molecule has 0 radical (unpaired) electrons. The predicted octanol–water partition coefficient (Wildman–Crippen LogP) is 3.45. The Hall–Kier alpha value is -2.97. The van der Waals surface area contributed by atoms with Crippen LogP contribution in [0.25, 0.3) is 11.5 Å². The number of aliphatic hydroxyl groups excluding tert-OH is 1. The quantitative estimate of drug-likeness (QED) is 0.428. The molecular weight excluding hydrogens is 402 g/mol. The van der Waals surface area contributed by atoms with E-state index in [0.717, 1.165) is 36.3 Å². The third-order valence-electron chi connectivity index (χ3n) is 5.07. The van der Waals surface area contributed by atoms with Crippen LogP contribution in [0.4, 0.5) is 0 Å². The number of aromatic nitrogens is 7. The number of unbranched alkanes of at least 4 members (excludes halogenated alkanes) is 1. The van der Waals surface area contributed by atoms with E-state index < -0.39 is 0 Å². The maximum Gasteiger partial charge on any atom is 0.221 e. The van der Waals surface area contributed by atoms with Crippen molar-refractivity contribution in [2.24, 2.45) is 0 Å². The summed E-state index contributed by atoms with van der Waals surface area (Å²) >= 11 is 6.47. The molecule has 156 valence electrons. The van der Waals surface area contributed by atoms with Crippen LogP contribution < -0.4 is 0 Å². The standard InChI is InChI=1S/C21H24ClN7O/c1-2-3-6-19-23-17(14-30)20(22)29(19)13-16-9-7-15(8-10-16)12-28-11-4-5-18(28)21-24-26-27-25-21/h4-5,7-11,30H,2-3,6,12-14H2,1H3,(H,24,25,26,27). The molecule has 4 rings (SSSR count). The van der Waals surface area contributed by atoms with Gasteiger partial charge < -0.3 is 14.2 Å². The monoisotopic (exact) mass is 425 g/mol. The van der Waals surface area contributed by atoms with Gasteiger partial charge in [-0.3, -0.25) is 0 Å². The number of nitrogens with one attached hydrogen (secondary N) is 1. The first-order valence-corrected chi connectivity index (χ1v) is 10.4. The van der Waals surface area contributed by atoms with Crippen LogP contribution in [0.3, 0.4) is 0 Å². The molecule has 0 fully saturated rings. The summed E-state index contributed by atoms with van der Waals surface area (Å²) in [7, 11) is 0. The van der Waals surface area contributed by atoms with Crippen LogP contribution in [0.2, 0.25) is 5.15 Å². The van der Waals surface area contributed by atoms with Gasteiger partial charge in [-0.05, 0) is 34.9 Å². The number of benzene rings is 1. The minimum atomic E-state index is -0.149. The van der Waals surface area contributed by atoms with Gasteiger partial charge in [-0.2, -0.15) is 5.21 Å². The maximum absolute atomic E-state index is 9.52. The highest BCUT2D eigenvalue weighted by atomic mass is 35.5. The number of H-pyrrole nitrogens is 1. The summed E-state index contributed by atoms with van der Waals surface area (Å²) in [6.45, 7) is 3.33. The van der Waals surface area contributed by atoms with Crippen LogP contribution >= 0.6 is 11.6 Å². The van der Waals surface area contributed by atoms with Crippen LogP contribution in [0.1, 0.15) is 42.4 Å². The Kier molecular flexibility index (Phi) is 6.25. The van der Waals surface area contributed by atoms with Crippen LogP contribution in [-0.4, -0.2) is 39.8 Å². The zero-order valence-corrected chi connectivity index (χ0v) is 17.5. The van der Waals surface area contributed by atoms with Crippen molar-refractivity contribution < 1.29 is 5.11 Å². The van der Waals surface area contributed by atoms with E-state index in [0.29, 0.717) is 29.8 Å². The zero-order valence-electron chi connectivity index (χ0n) is 16.8. The molecule has 0 unspecified atom stereocenters. The first kappa shape index (κ1) is 20.3. The van der Waals surface area contributed by atoms with Crippen molar-refractivity contribution in [3.63, 3.8) is 0 Å². The molecule has 0 amide bonds. The number of tetrazole rings is 1. The van der Waals surface area contributed by atoms with E-state index in [4.69, 9.17) is 11.6 Å². The van der Waals surface area contributed by atoms with E-state index >= 15 is 0 Å². The Labute approximate surface area is 179 Å². The summed E-state index contributed by atoms with van der Waals surface area (Å²) < 4.78 is 4.08. The molecule has 0 aliphatic rings. The second kappa shape index (κ2) is 9.23. The third kappa shape index (κ3) is 4.29. The van der Waals surface area contributed by atoms with Crippen molar-refractivity contribution in [1.82, 2.24) is 34.7 Å². The molecule has 8 nitrogen and oxygen atoms in total. The molecule has 0 aliphatic heterocycles. The highest BCUT2D eigenvalue weighted by Crippen LogP contribution is 2.22. The van der Waals surface area contributed by atoms with Gasteiger partial charge in [0.25, 0.3) is 0 Å². The number of halogens is 1.